The molecular formula is C21H18O10. The van der Waals surface area contributed by atoms with Crippen molar-refractivity contribution in [3.8, 4) is 22.8 Å². The number of phenols is 1. The van der Waals surface area contributed by atoms with Crippen LogP contribution in [-0.4, -0.2) is 62.2 Å². The van der Waals surface area contributed by atoms with Gasteiger partial charge in [-0.25, -0.2) is 4.79 Å². The molecule has 0 radical (unpaired) electrons. The molecule has 0 amide bonds. The second-order valence-corrected chi connectivity index (χ2v) is 7.01. The molecule has 1 aliphatic rings. The fraction of sp³-hybridized carbons (Fsp3) is 0.238. The molecule has 2 aromatic carbocycles. The molecular weight excluding hydrogens is 412 g/mol. The number of hydrogen-bond donors (Lipinski definition) is 5. The van der Waals surface area contributed by atoms with E-state index >= 15 is 0 Å². The van der Waals surface area contributed by atoms with E-state index in [1.165, 1.54) is 12.1 Å². The van der Waals surface area contributed by atoms with Crippen molar-refractivity contribution in [2.45, 2.75) is 30.7 Å². The van der Waals surface area contributed by atoms with Gasteiger partial charge < -0.3 is 39.4 Å². The van der Waals surface area contributed by atoms with Gasteiger partial charge in [0.2, 0.25) is 6.29 Å². The summed E-state index contributed by atoms with van der Waals surface area (Å²) in [6.45, 7) is 0. The third-order valence-corrected chi connectivity index (χ3v) is 4.91. The van der Waals surface area contributed by atoms with Crippen molar-refractivity contribution >= 4 is 16.9 Å². The molecule has 3 aromatic rings. The van der Waals surface area contributed by atoms with E-state index in [1.807, 2.05) is 0 Å². The van der Waals surface area contributed by atoms with Crippen LogP contribution in [0.4, 0.5) is 0 Å². The van der Waals surface area contributed by atoms with Crippen molar-refractivity contribution in [1.82, 2.24) is 0 Å². The lowest BCUT2D eigenvalue weighted by Gasteiger charge is -2.38. The monoisotopic (exact) mass is 430 g/mol. The van der Waals surface area contributed by atoms with E-state index in [0.29, 0.717) is 5.56 Å². The Morgan fingerprint density at radius 1 is 0.968 bits per heavy atom. The Balaban J connectivity index is 1.71. The topological polar surface area (TPSA) is 167 Å². The first-order valence-electron chi connectivity index (χ1n) is 9.21. The normalized spacial score (nSPS) is 26.0. The van der Waals surface area contributed by atoms with Crippen molar-refractivity contribution in [3.63, 3.8) is 0 Å². The molecule has 0 bridgehead atoms. The Bertz CT molecular complexity index is 1170. The summed E-state index contributed by atoms with van der Waals surface area (Å²) in [5, 5.41) is 49.1. The summed E-state index contributed by atoms with van der Waals surface area (Å²) in [6.07, 6.45) is -9.04. The maximum atomic E-state index is 12.5. The first-order chi connectivity index (χ1) is 14.8. The van der Waals surface area contributed by atoms with Crippen LogP contribution < -0.4 is 10.2 Å². The molecule has 2 heterocycles. The van der Waals surface area contributed by atoms with Crippen LogP contribution in [0.25, 0.3) is 22.3 Å². The van der Waals surface area contributed by atoms with Crippen LogP contribution in [0.15, 0.2) is 57.7 Å². The highest BCUT2D eigenvalue weighted by Gasteiger charge is 2.48. The van der Waals surface area contributed by atoms with E-state index in [4.69, 9.17) is 19.0 Å². The van der Waals surface area contributed by atoms with Crippen LogP contribution >= 0.6 is 0 Å². The van der Waals surface area contributed by atoms with Crippen LogP contribution in [0, 0.1) is 0 Å². The number of carbonyl (C=O) groups is 1. The molecule has 4 rings (SSSR count). The summed E-state index contributed by atoms with van der Waals surface area (Å²) < 4.78 is 16.2. The molecule has 0 saturated carbocycles. The SMILES string of the molecule is O=C(O)[C@@H]1O[C@@H](Oc2cc(O)c3c(=O)cc(-c4ccccc4)oc3c2)[C@H](O)[C@@H](O)[C@@H]1O. The number of aromatic hydroxyl groups is 1. The lowest BCUT2D eigenvalue weighted by molar-refractivity contribution is -0.271. The van der Waals surface area contributed by atoms with Gasteiger partial charge in [-0.05, 0) is 0 Å². The number of aliphatic carboxylic acids is 1. The minimum Gasteiger partial charge on any atom is -0.507 e. The summed E-state index contributed by atoms with van der Waals surface area (Å²) in [5.74, 6) is -1.92. The molecule has 10 heteroatoms. The van der Waals surface area contributed by atoms with Gasteiger partial charge in [0.15, 0.2) is 11.5 Å². The number of aliphatic hydroxyl groups excluding tert-OH is 3. The molecule has 31 heavy (non-hydrogen) atoms. The Hall–Kier alpha value is -3.44. The Kier molecular flexibility index (Phi) is 5.38. The van der Waals surface area contributed by atoms with Gasteiger partial charge in [-0.1, -0.05) is 30.3 Å². The molecule has 1 aromatic heterocycles. The maximum Gasteiger partial charge on any atom is 0.335 e. The number of aliphatic hydroxyl groups is 3. The molecule has 5 N–H and O–H groups in total. The highest BCUT2D eigenvalue weighted by Crippen LogP contribution is 2.33. The number of fused-ring (bicyclic) bond motifs is 1. The van der Waals surface area contributed by atoms with E-state index in [1.54, 1.807) is 30.3 Å². The van der Waals surface area contributed by atoms with E-state index < -0.39 is 47.9 Å². The third kappa shape index (κ3) is 3.84. The number of hydrogen-bond acceptors (Lipinski definition) is 9. The van der Waals surface area contributed by atoms with Crippen LogP contribution in [0.1, 0.15) is 0 Å². The summed E-state index contributed by atoms with van der Waals surface area (Å²) in [7, 11) is 0. The van der Waals surface area contributed by atoms with Gasteiger partial charge in [-0.2, -0.15) is 0 Å². The molecule has 0 spiro atoms. The van der Waals surface area contributed by atoms with Crippen molar-refractivity contribution < 1.29 is 44.2 Å². The first kappa shape index (κ1) is 20.8. The highest BCUT2D eigenvalue weighted by molar-refractivity contribution is 5.86. The summed E-state index contributed by atoms with van der Waals surface area (Å²) >= 11 is 0. The summed E-state index contributed by atoms with van der Waals surface area (Å²) in [6, 6.07) is 12.3. The predicted molar refractivity (Wildman–Crippen MR) is 105 cm³/mol. The van der Waals surface area contributed by atoms with E-state index in [9.17, 15) is 30.0 Å². The molecule has 162 valence electrons. The lowest BCUT2D eigenvalue weighted by Crippen LogP contribution is -2.61. The van der Waals surface area contributed by atoms with E-state index in [0.717, 1.165) is 6.07 Å². The average molecular weight is 430 g/mol. The second-order valence-electron chi connectivity index (χ2n) is 7.01. The smallest absolute Gasteiger partial charge is 0.335 e. The molecule has 1 aliphatic heterocycles. The van der Waals surface area contributed by atoms with Crippen molar-refractivity contribution in [3.05, 3.63) is 58.8 Å². The standard InChI is InChI=1S/C21H18O10/c22-11-6-10(29-21-18(26)16(24)17(25)19(31-21)20(27)28)7-14-15(11)12(23)8-13(30-14)9-4-2-1-3-5-9/h1-8,16-19,21-22,24-26H,(H,27,28)/t16-,17-,18+,19+,21+/m0/s1. The fourth-order valence-corrected chi connectivity index (χ4v) is 3.34. The van der Waals surface area contributed by atoms with E-state index in [2.05, 4.69) is 0 Å². The number of benzene rings is 2. The minimum absolute atomic E-state index is 0.0259. The molecule has 10 nitrogen and oxygen atoms in total. The molecule has 1 fully saturated rings. The molecule has 1 saturated heterocycles. The van der Waals surface area contributed by atoms with E-state index in [-0.39, 0.29) is 22.5 Å². The zero-order valence-electron chi connectivity index (χ0n) is 15.8. The number of carboxylic acid groups (broad SMARTS) is 1. The highest BCUT2D eigenvalue weighted by atomic mass is 16.7. The Morgan fingerprint density at radius 3 is 2.35 bits per heavy atom. The van der Waals surface area contributed by atoms with Crippen LogP contribution in [0.2, 0.25) is 0 Å². The van der Waals surface area contributed by atoms with Crippen molar-refractivity contribution in [2.75, 3.05) is 0 Å². The van der Waals surface area contributed by atoms with Crippen LogP contribution in [0.3, 0.4) is 0 Å². The van der Waals surface area contributed by atoms with Gasteiger partial charge in [-0.3, -0.25) is 4.79 Å². The first-order valence-corrected chi connectivity index (χ1v) is 9.21. The Morgan fingerprint density at radius 2 is 1.68 bits per heavy atom. The van der Waals surface area contributed by atoms with Gasteiger partial charge in [0.1, 0.15) is 46.5 Å². The van der Waals surface area contributed by atoms with Crippen LogP contribution in [0.5, 0.6) is 11.5 Å². The quantitative estimate of drug-likeness (QED) is 0.392. The van der Waals surface area contributed by atoms with Crippen molar-refractivity contribution in [2.24, 2.45) is 0 Å². The lowest BCUT2D eigenvalue weighted by atomic mass is 9.99. The molecule has 0 unspecified atom stereocenters. The number of ether oxygens (including phenoxy) is 2. The summed E-state index contributed by atoms with van der Waals surface area (Å²) in [5.41, 5.74) is 0.101. The average Bonchev–Trinajstić information content (AvgIpc) is 2.74. The molecule has 5 atom stereocenters. The number of rotatable bonds is 4. The van der Waals surface area contributed by atoms with Gasteiger partial charge in [0, 0.05) is 23.8 Å². The van der Waals surface area contributed by atoms with Crippen LogP contribution in [-0.2, 0) is 9.53 Å². The number of phenolic OH excluding ortho intramolecular Hbond substituents is 1. The van der Waals surface area contributed by atoms with Gasteiger partial charge in [0.25, 0.3) is 0 Å². The largest absolute Gasteiger partial charge is 0.507 e. The molecule has 0 aliphatic carbocycles. The van der Waals surface area contributed by atoms with Gasteiger partial charge in [-0.15, -0.1) is 0 Å². The van der Waals surface area contributed by atoms with Crippen molar-refractivity contribution in [1.29, 1.82) is 0 Å². The van der Waals surface area contributed by atoms with Gasteiger partial charge >= 0.3 is 5.97 Å². The maximum absolute atomic E-state index is 12.5. The van der Waals surface area contributed by atoms with Gasteiger partial charge in [0.05, 0.1) is 0 Å². The second kappa shape index (κ2) is 8.00. The zero-order valence-corrected chi connectivity index (χ0v) is 15.8. The summed E-state index contributed by atoms with van der Waals surface area (Å²) in [4.78, 5) is 23.7. The predicted octanol–water partition coefficient (Wildman–Crippen LogP) is 0.437. The zero-order chi connectivity index (χ0) is 22.3. The number of carboxylic acids is 1. The Labute approximate surface area is 174 Å². The minimum atomic E-state index is -1.87. The fourth-order valence-electron chi connectivity index (χ4n) is 3.34. The third-order valence-electron chi connectivity index (χ3n) is 4.91.